The average molecular weight is 309 g/mol. The van der Waals surface area contributed by atoms with Crippen molar-refractivity contribution in [3.63, 3.8) is 0 Å². The molecule has 2 heterocycles. The fourth-order valence-electron chi connectivity index (χ4n) is 1.84. The summed E-state index contributed by atoms with van der Waals surface area (Å²) >= 11 is 12.3. The van der Waals surface area contributed by atoms with Gasteiger partial charge in [0.1, 0.15) is 5.52 Å². The summed E-state index contributed by atoms with van der Waals surface area (Å²) in [6, 6.07) is 8.99. The molecule has 3 rings (SSSR count). The highest BCUT2D eigenvalue weighted by molar-refractivity contribution is 6.40. The van der Waals surface area contributed by atoms with Gasteiger partial charge in [-0.1, -0.05) is 37.0 Å². The lowest BCUT2D eigenvalue weighted by Crippen LogP contribution is -1.91. The van der Waals surface area contributed by atoms with Gasteiger partial charge in [0.15, 0.2) is 0 Å². The van der Waals surface area contributed by atoms with Crippen molar-refractivity contribution in [2.75, 3.05) is 7.11 Å². The summed E-state index contributed by atoms with van der Waals surface area (Å²) in [6.07, 6.45) is 0. The summed E-state index contributed by atoms with van der Waals surface area (Å²) in [4.78, 5) is 8.80. The molecule has 0 unspecified atom stereocenters. The van der Waals surface area contributed by atoms with Crippen LogP contribution in [0.25, 0.3) is 21.9 Å². The minimum atomic E-state index is 0.513. The largest absolute Gasteiger partial charge is 0.481 e. The maximum atomic E-state index is 6.35. The quantitative estimate of drug-likeness (QED) is 0.585. The lowest BCUT2D eigenvalue weighted by molar-refractivity contribution is 0.399. The molecule has 0 saturated heterocycles. The SMILES string of the molecule is CC.COc1ccc2nc3cc(Cl)ccc3c(Cl)c2n1. The number of benzene rings is 1. The Bertz CT molecular complexity index is 760. The molecule has 0 spiro atoms. The third-order valence-corrected chi connectivity index (χ3v) is 3.32. The Hall–Kier alpha value is -1.58. The number of pyridine rings is 2. The van der Waals surface area contributed by atoms with Crippen molar-refractivity contribution in [1.29, 1.82) is 0 Å². The first-order chi connectivity index (χ1) is 9.69. The first kappa shape index (κ1) is 14.8. The highest BCUT2D eigenvalue weighted by Crippen LogP contribution is 2.31. The van der Waals surface area contributed by atoms with E-state index in [9.17, 15) is 0 Å². The second-order valence-corrected chi connectivity index (χ2v) is 4.62. The van der Waals surface area contributed by atoms with Gasteiger partial charge < -0.3 is 4.74 Å². The van der Waals surface area contributed by atoms with Crippen molar-refractivity contribution in [3.05, 3.63) is 40.4 Å². The number of hydrogen-bond acceptors (Lipinski definition) is 3. The highest BCUT2D eigenvalue weighted by atomic mass is 35.5. The first-order valence-corrected chi connectivity index (χ1v) is 7.04. The van der Waals surface area contributed by atoms with E-state index in [-0.39, 0.29) is 0 Å². The minimum absolute atomic E-state index is 0.513. The standard InChI is InChI=1S/C13H8Cl2N2O.C2H6/c1-18-11-5-4-9-13(17-11)12(15)8-3-2-7(14)6-10(8)16-9;1-2/h2-6H,1H3;1-2H3. The van der Waals surface area contributed by atoms with Crippen molar-refractivity contribution < 1.29 is 4.74 Å². The van der Waals surface area contributed by atoms with E-state index in [0.717, 1.165) is 16.4 Å². The van der Waals surface area contributed by atoms with Crippen molar-refractivity contribution in [2.45, 2.75) is 13.8 Å². The van der Waals surface area contributed by atoms with Crippen LogP contribution < -0.4 is 4.74 Å². The number of aromatic nitrogens is 2. The van der Waals surface area contributed by atoms with Gasteiger partial charge in [-0.3, -0.25) is 0 Å². The van der Waals surface area contributed by atoms with Gasteiger partial charge in [0.2, 0.25) is 5.88 Å². The van der Waals surface area contributed by atoms with Crippen molar-refractivity contribution >= 4 is 45.1 Å². The normalized spacial score (nSPS) is 10.2. The van der Waals surface area contributed by atoms with Crippen LogP contribution in [0.4, 0.5) is 0 Å². The fraction of sp³-hybridized carbons (Fsp3) is 0.200. The average Bonchev–Trinajstić information content (AvgIpc) is 2.49. The lowest BCUT2D eigenvalue weighted by atomic mass is 10.2. The van der Waals surface area contributed by atoms with E-state index in [0.29, 0.717) is 21.4 Å². The second-order valence-electron chi connectivity index (χ2n) is 3.81. The molecule has 0 amide bonds. The number of ether oxygens (including phenoxy) is 1. The zero-order valence-electron chi connectivity index (χ0n) is 11.4. The van der Waals surface area contributed by atoms with E-state index in [2.05, 4.69) is 9.97 Å². The smallest absolute Gasteiger partial charge is 0.213 e. The van der Waals surface area contributed by atoms with Gasteiger partial charge in [0, 0.05) is 16.5 Å². The summed E-state index contributed by atoms with van der Waals surface area (Å²) in [5, 5.41) is 2.02. The zero-order chi connectivity index (χ0) is 14.7. The third kappa shape index (κ3) is 2.65. The second kappa shape index (κ2) is 6.25. The van der Waals surface area contributed by atoms with Crippen LogP contribution in [0.1, 0.15) is 13.8 Å². The molecule has 3 nitrogen and oxygen atoms in total. The number of rotatable bonds is 1. The summed E-state index contributed by atoms with van der Waals surface area (Å²) in [7, 11) is 1.57. The Morgan fingerprint density at radius 3 is 2.40 bits per heavy atom. The molecule has 0 aliphatic heterocycles. The minimum Gasteiger partial charge on any atom is -0.481 e. The van der Waals surface area contributed by atoms with Crippen LogP contribution in [0, 0.1) is 0 Å². The van der Waals surface area contributed by atoms with Crippen LogP contribution in [0.5, 0.6) is 5.88 Å². The van der Waals surface area contributed by atoms with Gasteiger partial charge in [-0.15, -0.1) is 0 Å². The predicted octanol–water partition coefficient (Wildman–Crippen LogP) is 5.12. The maximum absolute atomic E-state index is 6.35. The van der Waals surface area contributed by atoms with E-state index in [4.69, 9.17) is 27.9 Å². The molecule has 5 heteroatoms. The molecule has 0 fully saturated rings. The summed E-state index contributed by atoms with van der Waals surface area (Å²) < 4.78 is 5.09. The molecule has 2 aromatic heterocycles. The molecule has 0 atom stereocenters. The molecule has 0 bridgehead atoms. The monoisotopic (exact) mass is 308 g/mol. The Balaban J connectivity index is 0.000000704. The van der Waals surface area contributed by atoms with Crippen LogP contribution in [0.15, 0.2) is 30.3 Å². The number of hydrogen-bond donors (Lipinski definition) is 0. The summed E-state index contributed by atoms with van der Waals surface area (Å²) in [6.45, 7) is 4.00. The van der Waals surface area contributed by atoms with Gasteiger partial charge in [0.05, 0.1) is 23.2 Å². The number of fused-ring (bicyclic) bond motifs is 2. The molecule has 0 saturated carbocycles. The van der Waals surface area contributed by atoms with E-state index in [1.165, 1.54) is 0 Å². The fourth-order valence-corrected chi connectivity index (χ4v) is 2.30. The molecule has 0 radical (unpaired) electrons. The summed E-state index contributed by atoms with van der Waals surface area (Å²) in [5.74, 6) is 0.513. The van der Waals surface area contributed by atoms with Crippen LogP contribution >= 0.6 is 23.2 Å². The molecule has 3 aromatic rings. The van der Waals surface area contributed by atoms with E-state index in [1.807, 2.05) is 26.0 Å². The molecule has 20 heavy (non-hydrogen) atoms. The Morgan fingerprint density at radius 1 is 0.950 bits per heavy atom. The molecular weight excluding hydrogens is 295 g/mol. The van der Waals surface area contributed by atoms with Crippen LogP contribution in [0.3, 0.4) is 0 Å². The van der Waals surface area contributed by atoms with Crippen molar-refractivity contribution in [2.24, 2.45) is 0 Å². The molecule has 104 valence electrons. The molecule has 0 N–H and O–H groups in total. The Kier molecular flexibility index (Phi) is 4.63. The van der Waals surface area contributed by atoms with Gasteiger partial charge in [-0.25, -0.2) is 9.97 Å². The van der Waals surface area contributed by atoms with Crippen LogP contribution in [-0.2, 0) is 0 Å². The number of methoxy groups -OCH3 is 1. The number of nitrogens with zero attached hydrogens (tertiary/aromatic N) is 2. The van der Waals surface area contributed by atoms with Crippen molar-refractivity contribution in [3.8, 4) is 5.88 Å². The zero-order valence-corrected chi connectivity index (χ0v) is 13.0. The lowest BCUT2D eigenvalue weighted by Gasteiger charge is -2.06. The first-order valence-electron chi connectivity index (χ1n) is 6.28. The van der Waals surface area contributed by atoms with E-state index in [1.54, 1.807) is 25.3 Å². The molecule has 0 aliphatic carbocycles. The van der Waals surface area contributed by atoms with E-state index >= 15 is 0 Å². The topological polar surface area (TPSA) is 35.0 Å². The maximum Gasteiger partial charge on any atom is 0.213 e. The Morgan fingerprint density at radius 2 is 1.70 bits per heavy atom. The highest BCUT2D eigenvalue weighted by Gasteiger charge is 2.09. The van der Waals surface area contributed by atoms with Gasteiger partial charge in [-0.05, 0) is 24.3 Å². The van der Waals surface area contributed by atoms with Gasteiger partial charge >= 0.3 is 0 Å². The van der Waals surface area contributed by atoms with Gasteiger partial charge in [0.25, 0.3) is 0 Å². The third-order valence-electron chi connectivity index (χ3n) is 2.70. The Labute approximate surface area is 127 Å². The van der Waals surface area contributed by atoms with Gasteiger partial charge in [-0.2, -0.15) is 0 Å². The summed E-state index contributed by atoms with van der Waals surface area (Å²) in [5.41, 5.74) is 2.10. The van der Waals surface area contributed by atoms with E-state index < -0.39 is 0 Å². The van der Waals surface area contributed by atoms with Crippen LogP contribution in [0.2, 0.25) is 10.0 Å². The van der Waals surface area contributed by atoms with Crippen LogP contribution in [-0.4, -0.2) is 17.1 Å². The molecule has 1 aromatic carbocycles. The predicted molar refractivity (Wildman–Crippen MR) is 85.0 cm³/mol. The number of halogens is 2. The van der Waals surface area contributed by atoms with Crippen molar-refractivity contribution in [1.82, 2.24) is 9.97 Å². The molecule has 0 aliphatic rings. The molecular formula is C15H14Cl2N2O.